The molecule has 0 radical (unpaired) electrons. The third-order valence-electron chi connectivity index (χ3n) is 2.42. The van der Waals surface area contributed by atoms with Crippen LogP contribution >= 0.6 is 23.8 Å². The lowest BCUT2D eigenvalue weighted by Gasteiger charge is -2.20. The van der Waals surface area contributed by atoms with Gasteiger partial charge >= 0.3 is 0 Å². The molecule has 0 aliphatic carbocycles. The normalized spacial score (nSPS) is 10.7. The molecule has 88 valence electrons. The van der Waals surface area contributed by atoms with Crippen LogP contribution < -0.4 is 5.73 Å². The summed E-state index contributed by atoms with van der Waals surface area (Å²) in [6, 6.07) is 7.93. The second-order valence-electron chi connectivity index (χ2n) is 3.72. The van der Waals surface area contributed by atoms with Crippen molar-refractivity contribution in [3.63, 3.8) is 0 Å². The molecule has 0 heterocycles. The molecule has 0 amide bonds. The Morgan fingerprint density at radius 1 is 1.50 bits per heavy atom. The van der Waals surface area contributed by atoms with Crippen molar-refractivity contribution >= 4 is 28.8 Å². The van der Waals surface area contributed by atoms with Gasteiger partial charge in [0.05, 0.1) is 4.99 Å². The lowest BCUT2D eigenvalue weighted by molar-refractivity contribution is 0.288. The largest absolute Gasteiger partial charge is 0.393 e. The Kier molecular flexibility index (Phi) is 5.74. The van der Waals surface area contributed by atoms with Crippen LogP contribution in [0.25, 0.3) is 0 Å². The van der Waals surface area contributed by atoms with Gasteiger partial charge in [0, 0.05) is 24.5 Å². The smallest absolute Gasteiger partial charge is 0.0740 e. The van der Waals surface area contributed by atoms with Gasteiger partial charge in [-0.1, -0.05) is 42.9 Å². The van der Waals surface area contributed by atoms with Crippen molar-refractivity contribution in [1.29, 1.82) is 0 Å². The molecule has 16 heavy (non-hydrogen) atoms. The van der Waals surface area contributed by atoms with Crippen molar-refractivity contribution in [2.24, 2.45) is 5.73 Å². The molecule has 0 aliphatic rings. The predicted molar refractivity (Wildman–Crippen MR) is 73.8 cm³/mol. The first-order valence-electron chi connectivity index (χ1n) is 5.37. The van der Waals surface area contributed by atoms with Crippen molar-refractivity contribution in [3.05, 3.63) is 34.9 Å². The van der Waals surface area contributed by atoms with Crippen LogP contribution in [-0.4, -0.2) is 23.0 Å². The Bertz CT molecular complexity index is 355. The maximum Gasteiger partial charge on any atom is 0.0740 e. The van der Waals surface area contributed by atoms with E-state index in [2.05, 4.69) is 17.9 Å². The molecule has 2 nitrogen and oxygen atoms in total. The molecule has 1 rings (SSSR count). The summed E-state index contributed by atoms with van der Waals surface area (Å²) in [6.45, 7) is 4.90. The molecule has 1 aromatic rings. The number of benzene rings is 1. The summed E-state index contributed by atoms with van der Waals surface area (Å²) in [5, 5.41) is 0.780. The Balaban J connectivity index is 2.52. The quantitative estimate of drug-likeness (QED) is 0.794. The lowest BCUT2D eigenvalue weighted by atomic mass is 10.2. The van der Waals surface area contributed by atoms with Crippen molar-refractivity contribution < 1.29 is 0 Å². The third kappa shape index (κ3) is 4.92. The highest BCUT2D eigenvalue weighted by Gasteiger charge is 2.04. The summed E-state index contributed by atoms with van der Waals surface area (Å²) < 4.78 is 0. The highest BCUT2D eigenvalue weighted by atomic mass is 35.5. The number of halogens is 1. The zero-order chi connectivity index (χ0) is 12.0. The maximum atomic E-state index is 5.94. The first kappa shape index (κ1) is 13.4. The molecule has 0 spiro atoms. The average Bonchev–Trinajstić information content (AvgIpc) is 2.24. The van der Waals surface area contributed by atoms with E-state index in [-0.39, 0.29) is 0 Å². The fourth-order valence-electron chi connectivity index (χ4n) is 1.51. The van der Waals surface area contributed by atoms with E-state index in [1.807, 2.05) is 18.2 Å². The second-order valence-corrected chi connectivity index (χ2v) is 4.68. The number of nitrogens with two attached hydrogens (primary N) is 1. The van der Waals surface area contributed by atoms with Crippen LogP contribution in [-0.2, 0) is 6.54 Å². The van der Waals surface area contributed by atoms with E-state index in [0.29, 0.717) is 4.99 Å². The van der Waals surface area contributed by atoms with Crippen molar-refractivity contribution in [2.45, 2.75) is 19.9 Å². The molecule has 4 heteroatoms. The molecule has 0 aromatic heterocycles. The van der Waals surface area contributed by atoms with Crippen LogP contribution in [0.1, 0.15) is 18.9 Å². The maximum absolute atomic E-state index is 5.94. The van der Waals surface area contributed by atoms with Gasteiger partial charge in [-0.25, -0.2) is 0 Å². The van der Waals surface area contributed by atoms with Gasteiger partial charge in [-0.05, 0) is 24.2 Å². The predicted octanol–water partition coefficient (Wildman–Crippen LogP) is 2.84. The highest BCUT2D eigenvalue weighted by molar-refractivity contribution is 7.80. The molecule has 0 bridgehead atoms. The van der Waals surface area contributed by atoms with Gasteiger partial charge in [0.2, 0.25) is 0 Å². The molecule has 0 saturated heterocycles. The lowest BCUT2D eigenvalue weighted by Crippen LogP contribution is -2.27. The molecule has 0 fully saturated rings. The number of nitrogens with zero attached hydrogens (tertiary/aromatic N) is 1. The van der Waals surface area contributed by atoms with E-state index in [1.54, 1.807) is 0 Å². The zero-order valence-electron chi connectivity index (χ0n) is 9.45. The zero-order valence-corrected chi connectivity index (χ0v) is 11.0. The van der Waals surface area contributed by atoms with E-state index >= 15 is 0 Å². The monoisotopic (exact) mass is 256 g/mol. The topological polar surface area (TPSA) is 29.3 Å². The summed E-state index contributed by atoms with van der Waals surface area (Å²) in [6.07, 6.45) is 0.768. The van der Waals surface area contributed by atoms with E-state index in [1.165, 1.54) is 5.56 Å². The van der Waals surface area contributed by atoms with Crippen LogP contribution in [0.5, 0.6) is 0 Å². The molecular weight excluding hydrogens is 240 g/mol. The third-order valence-corrected chi connectivity index (χ3v) is 2.86. The molecule has 0 unspecified atom stereocenters. The Hall–Kier alpha value is -0.640. The van der Waals surface area contributed by atoms with Crippen LogP contribution in [0.15, 0.2) is 24.3 Å². The molecule has 2 N–H and O–H groups in total. The summed E-state index contributed by atoms with van der Waals surface area (Å²) in [7, 11) is 0. The Morgan fingerprint density at radius 2 is 2.25 bits per heavy atom. The van der Waals surface area contributed by atoms with Crippen LogP contribution in [0, 0.1) is 0 Å². The highest BCUT2D eigenvalue weighted by Crippen LogP contribution is 2.12. The first-order chi connectivity index (χ1) is 7.61. The van der Waals surface area contributed by atoms with Crippen LogP contribution in [0.2, 0.25) is 5.02 Å². The number of hydrogen-bond donors (Lipinski definition) is 1. The molecular formula is C12H17ClN2S. The summed E-state index contributed by atoms with van der Waals surface area (Å²) in [5.41, 5.74) is 6.72. The molecule has 0 aliphatic heterocycles. The van der Waals surface area contributed by atoms with Gasteiger partial charge in [0.25, 0.3) is 0 Å². The van der Waals surface area contributed by atoms with Gasteiger partial charge in [-0.3, -0.25) is 4.90 Å². The number of thiocarbonyl (C=S) groups is 1. The van der Waals surface area contributed by atoms with Gasteiger partial charge < -0.3 is 5.73 Å². The Morgan fingerprint density at radius 3 is 2.81 bits per heavy atom. The minimum absolute atomic E-state index is 0.574. The number of hydrogen-bond acceptors (Lipinski definition) is 2. The van der Waals surface area contributed by atoms with E-state index < -0.39 is 0 Å². The SMILES string of the molecule is CCN(CCC(N)=S)Cc1cccc(Cl)c1. The molecule has 1 aromatic carbocycles. The Labute approximate surface area is 107 Å². The minimum atomic E-state index is 0.574. The van der Waals surface area contributed by atoms with Crippen LogP contribution in [0.4, 0.5) is 0 Å². The average molecular weight is 257 g/mol. The van der Waals surface area contributed by atoms with E-state index in [4.69, 9.17) is 29.6 Å². The van der Waals surface area contributed by atoms with Crippen molar-refractivity contribution in [3.8, 4) is 0 Å². The number of rotatable bonds is 6. The van der Waals surface area contributed by atoms with Gasteiger partial charge in [-0.15, -0.1) is 0 Å². The molecule has 0 saturated carbocycles. The van der Waals surface area contributed by atoms with Gasteiger partial charge in [0.1, 0.15) is 0 Å². The van der Waals surface area contributed by atoms with E-state index in [9.17, 15) is 0 Å². The first-order valence-corrected chi connectivity index (χ1v) is 6.15. The van der Waals surface area contributed by atoms with Gasteiger partial charge in [-0.2, -0.15) is 0 Å². The summed E-state index contributed by atoms with van der Waals surface area (Å²) in [5.74, 6) is 0. The van der Waals surface area contributed by atoms with Crippen LogP contribution in [0.3, 0.4) is 0 Å². The standard InChI is InChI=1S/C12H17ClN2S/c1-2-15(7-6-12(14)16)9-10-4-3-5-11(13)8-10/h3-5,8H,2,6-7,9H2,1H3,(H2,14,16). The van der Waals surface area contributed by atoms with Gasteiger partial charge in [0.15, 0.2) is 0 Å². The summed E-state index contributed by atoms with van der Waals surface area (Å²) >= 11 is 10.8. The second kappa shape index (κ2) is 6.84. The minimum Gasteiger partial charge on any atom is -0.393 e. The van der Waals surface area contributed by atoms with Crippen molar-refractivity contribution in [1.82, 2.24) is 4.90 Å². The summed E-state index contributed by atoms with van der Waals surface area (Å²) in [4.78, 5) is 2.87. The fraction of sp³-hybridized carbons (Fsp3) is 0.417. The fourth-order valence-corrected chi connectivity index (χ4v) is 1.81. The van der Waals surface area contributed by atoms with Crippen molar-refractivity contribution in [2.75, 3.05) is 13.1 Å². The van der Waals surface area contributed by atoms with E-state index in [0.717, 1.165) is 31.1 Å². The molecule has 0 atom stereocenters.